The summed E-state index contributed by atoms with van der Waals surface area (Å²) in [6, 6.07) is 8.71. The lowest BCUT2D eigenvalue weighted by Crippen LogP contribution is -2.21. The highest BCUT2D eigenvalue weighted by molar-refractivity contribution is 7.92. The minimum absolute atomic E-state index is 0.232. The highest BCUT2D eigenvalue weighted by Gasteiger charge is 2.30. The van der Waals surface area contributed by atoms with Crippen LogP contribution in [-0.4, -0.2) is 26.2 Å². The highest BCUT2D eigenvalue weighted by Crippen LogP contribution is 2.30. The molecule has 1 amide bonds. The molecular formula is C19H19F2NO4S. The molecule has 1 N–H and O–H groups in total. The molecule has 0 heterocycles. The van der Waals surface area contributed by atoms with Crippen LogP contribution < -0.4 is 10.1 Å². The Kier molecular flexibility index (Phi) is 5.74. The van der Waals surface area contributed by atoms with Crippen LogP contribution >= 0.6 is 0 Å². The number of amides is 1. The number of hydrogen-bond donors (Lipinski definition) is 1. The standard InChI is InChI=1S/C19H19F2NO4S/c20-13-5-10-18(17(21)11-13)26-12-19(23)22-14-6-8-16(9-7-14)27(24,25)15-3-1-2-4-15/h5-11,15H,1-4,12H2,(H,22,23). The first-order valence-electron chi connectivity index (χ1n) is 8.58. The fraction of sp³-hybridized carbons (Fsp3) is 0.316. The van der Waals surface area contributed by atoms with Gasteiger partial charge in [0.2, 0.25) is 0 Å². The van der Waals surface area contributed by atoms with E-state index < -0.39 is 34.0 Å². The van der Waals surface area contributed by atoms with E-state index in [1.54, 1.807) is 0 Å². The monoisotopic (exact) mass is 395 g/mol. The van der Waals surface area contributed by atoms with Crippen LogP contribution in [0.15, 0.2) is 47.4 Å². The average Bonchev–Trinajstić information content (AvgIpc) is 3.17. The van der Waals surface area contributed by atoms with Crippen LogP contribution in [0.2, 0.25) is 0 Å². The zero-order valence-corrected chi connectivity index (χ0v) is 15.3. The molecule has 1 aliphatic carbocycles. The lowest BCUT2D eigenvalue weighted by molar-refractivity contribution is -0.118. The maximum Gasteiger partial charge on any atom is 0.262 e. The van der Waals surface area contributed by atoms with Crippen molar-refractivity contribution in [3.8, 4) is 5.75 Å². The van der Waals surface area contributed by atoms with Crippen LogP contribution in [0.25, 0.3) is 0 Å². The molecule has 0 aromatic heterocycles. The highest BCUT2D eigenvalue weighted by atomic mass is 32.2. The van der Waals surface area contributed by atoms with Crippen LogP contribution in [0, 0.1) is 11.6 Å². The smallest absolute Gasteiger partial charge is 0.262 e. The van der Waals surface area contributed by atoms with Crippen molar-refractivity contribution in [3.63, 3.8) is 0 Å². The number of benzene rings is 2. The second kappa shape index (κ2) is 8.04. The number of ether oxygens (including phenoxy) is 1. The Morgan fingerprint density at radius 1 is 1.07 bits per heavy atom. The molecule has 0 bridgehead atoms. The molecule has 1 fully saturated rings. The number of nitrogens with one attached hydrogen (secondary N) is 1. The van der Waals surface area contributed by atoms with Gasteiger partial charge in [-0.05, 0) is 49.2 Å². The van der Waals surface area contributed by atoms with Crippen molar-refractivity contribution >= 4 is 21.4 Å². The molecule has 2 aromatic carbocycles. The topological polar surface area (TPSA) is 72.5 Å². The molecule has 144 valence electrons. The van der Waals surface area contributed by atoms with Gasteiger partial charge in [-0.1, -0.05) is 12.8 Å². The maximum absolute atomic E-state index is 13.5. The average molecular weight is 395 g/mol. The van der Waals surface area contributed by atoms with Crippen LogP contribution in [0.4, 0.5) is 14.5 Å². The third-order valence-corrected chi connectivity index (χ3v) is 6.74. The number of anilines is 1. The summed E-state index contributed by atoms with van der Waals surface area (Å²) in [5.41, 5.74) is 0.397. The van der Waals surface area contributed by atoms with E-state index in [4.69, 9.17) is 4.74 Å². The molecule has 1 saturated carbocycles. The molecule has 8 heteroatoms. The lowest BCUT2D eigenvalue weighted by atomic mass is 10.3. The number of carbonyl (C=O) groups excluding carboxylic acids is 1. The maximum atomic E-state index is 13.5. The molecule has 0 radical (unpaired) electrons. The predicted molar refractivity (Wildman–Crippen MR) is 96.4 cm³/mol. The van der Waals surface area contributed by atoms with Gasteiger partial charge in [0.1, 0.15) is 5.82 Å². The second-order valence-electron chi connectivity index (χ2n) is 6.39. The van der Waals surface area contributed by atoms with Gasteiger partial charge in [-0.2, -0.15) is 0 Å². The van der Waals surface area contributed by atoms with Gasteiger partial charge in [0.05, 0.1) is 10.1 Å². The molecule has 0 unspecified atom stereocenters. The molecule has 5 nitrogen and oxygen atoms in total. The first-order chi connectivity index (χ1) is 12.9. The van der Waals surface area contributed by atoms with Gasteiger partial charge in [0, 0.05) is 11.8 Å². The molecular weight excluding hydrogens is 376 g/mol. The fourth-order valence-electron chi connectivity index (χ4n) is 3.05. The summed E-state index contributed by atoms with van der Waals surface area (Å²) in [6.07, 6.45) is 3.20. The van der Waals surface area contributed by atoms with Gasteiger partial charge in [-0.15, -0.1) is 0 Å². The minimum Gasteiger partial charge on any atom is -0.481 e. The van der Waals surface area contributed by atoms with Crippen molar-refractivity contribution in [2.45, 2.75) is 35.8 Å². The van der Waals surface area contributed by atoms with E-state index in [1.807, 2.05) is 0 Å². The summed E-state index contributed by atoms with van der Waals surface area (Å²) < 4.78 is 56.3. The van der Waals surface area contributed by atoms with E-state index in [9.17, 15) is 22.0 Å². The van der Waals surface area contributed by atoms with Crippen molar-refractivity contribution in [2.24, 2.45) is 0 Å². The Hall–Kier alpha value is -2.48. The number of sulfone groups is 1. The van der Waals surface area contributed by atoms with Gasteiger partial charge >= 0.3 is 0 Å². The van der Waals surface area contributed by atoms with Crippen molar-refractivity contribution in [2.75, 3.05) is 11.9 Å². The summed E-state index contributed by atoms with van der Waals surface area (Å²) >= 11 is 0. The van der Waals surface area contributed by atoms with Gasteiger partial charge in [0.15, 0.2) is 28.0 Å². The molecule has 0 atom stereocenters. The predicted octanol–water partition coefficient (Wildman–Crippen LogP) is 3.70. The molecule has 2 aromatic rings. The van der Waals surface area contributed by atoms with Crippen molar-refractivity contribution in [1.29, 1.82) is 0 Å². The Bertz CT molecular complexity index is 923. The third-order valence-electron chi connectivity index (χ3n) is 4.46. The quantitative estimate of drug-likeness (QED) is 0.810. The first-order valence-corrected chi connectivity index (χ1v) is 10.1. The van der Waals surface area contributed by atoms with Gasteiger partial charge < -0.3 is 10.1 Å². The molecule has 1 aliphatic rings. The van der Waals surface area contributed by atoms with Gasteiger partial charge in [0.25, 0.3) is 5.91 Å². The summed E-state index contributed by atoms with van der Waals surface area (Å²) in [4.78, 5) is 12.1. The Balaban J connectivity index is 1.58. The van der Waals surface area contributed by atoms with E-state index in [2.05, 4.69) is 5.32 Å². The third kappa shape index (κ3) is 4.63. The van der Waals surface area contributed by atoms with Gasteiger partial charge in [-0.25, -0.2) is 17.2 Å². The summed E-state index contributed by atoms with van der Waals surface area (Å²) in [5, 5.41) is 2.20. The Labute approximate surface area is 156 Å². The summed E-state index contributed by atoms with van der Waals surface area (Å²) in [5.74, 6) is -2.42. The normalized spacial score (nSPS) is 14.9. The molecule has 0 aliphatic heterocycles. The molecule has 27 heavy (non-hydrogen) atoms. The fourth-order valence-corrected chi connectivity index (χ4v) is 4.91. The van der Waals surface area contributed by atoms with E-state index in [1.165, 1.54) is 24.3 Å². The van der Waals surface area contributed by atoms with Crippen LogP contribution in [0.1, 0.15) is 25.7 Å². The molecule has 3 rings (SSSR count). The Morgan fingerprint density at radius 2 is 1.74 bits per heavy atom. The molecule has 0 saturated heterocycles. The van der Waals surface area contributed by atoms with E-state index in [0.717, 1.165) is 25.0 Å². The van der Waals surface area contributed by atoms with Crippen LogP contribution in [-0.2, 0) is 14.6 Å². The zero-order valence-electron chi connectivity index (χ0n) is 14.5. The van der Waals surface area contributed by atoms with Gasteiger partial charge in [-0.3, -0.25) is 4.79 Å². The first kappa shape index (κ1) is 19.3. The van der Waals surface area contributed by atoms with E-state index in [-0.39, 0.29) is 15.9 Å². The number of carbonyl (C=O) groups is 1. The van der Waals surface area contributed by atoms with Crippen molar-refractivity contribution < 1.29 is 26.7 Å². The SMILES string of the molecule is O=C(COc1ccc(F)cc1F)Nc1ccc(S(=O)(=O)C2CCCC2)cc1. The number of hydrogen-bond acceptors (Lipinski definition) is 4. The van der Waals surface area contributed by atoms with Crippen LogP contribution in [0.5, 0.6) is 5.75 Å². The summed E-state index contributed by atoms with van der Waals surface area (Å²) in [6.45, 7) is -0.468. The van der Waals surface area contributed by atoms with E-state index in [0.29, 0.717) is 24.6 Å². The largest absolute Gasteiger partial charge is 0.481 e. The minimum atomic E-state index is -3.35. The number of halogens is 2. The van der Waals surface area contributed by atoms with E-state index >= 15 is 0 Å². The zero-order chi connectivity index (χ0) is 19.4. The van der Waals surface area contributed by atoms with Crippen LogP contribution in [0.3, 0.4) is 0 Å². The number of rotatable bonds is 6. The second-order valence-corrected chi connectivity index (χ2v) is 8.62. The lowest BCUT2D eigenvalue weighted by Gasteiger charge is -2.12. The molecule has 0 spiro atoms. The summed E-state index contributed by atoms with van der Waals surface area (Å²) in [7, 11) is -3.35. The van der Waals surface area contributed by atoms with Crippen molar-refractivity contribution in [3.05, 3.63) is 54.1 Å². The Morgan fingerprint density at radius 3 is 2.37 bits per heavy atom. The van der Waals surface area contributed by atoms with Crippen molar-refractivity contribution in [1.82, 2.24) is 0 Å².